The van der Waals surface area contributed by atoms with E-state index in [1.807, 2.05) is 0 Å². The highest BCUT2D eigenvalue weighted by atomic mass is 79.9. The van der Waals surface area contributed by atoms with Gasteiger partial charge < -0.3 is 186 Å². The number of carbonyl (C=O) groups excluding carboxylic acids is 3. The highest BCUT2D eigenvalue weighted by molar-refractivity contribution is 9.11. The van der Waals surface area contributed by atoms with Crippen LogP contribution < -0.4 is 67.7 Å². The Labute approximate surface area is 653 Å². The smallest absolute Gasteiger partial charge is 0.252 e. The molecule has 2 aromatic rings. The van der Waals surface area contributed by atoms with Gasteiger partial charge in [-0.2, -0.15) is 0 Å². The number of aliphatic hydroxyl groups is 14. The molecule has 37 N–H and O–H groups in total. The Bertz CT molecular complexity index is 3530. The monoisotopic (exact) mass is 1820 g/mol. The number of guanidine groups is 4. The molecule has 4 saturated heterocycles. The first kappa shape index (κ1) is 92.2. The lowest BCUT2D eigenvalue weighted by Crippen LogP contribution is -2.66. The van der Waals surface area contributed by atoms with Crippen molar-refractivity contribution in [2.45, 2.75) is 203 Å². The summed E-state index contributed by atoms with van der Waals surface area (Å²) in [5, 5.41) is 182. The summed E-state index contributed by atoms with van der Waals surface area (Å²) in [6.45, 7) is 0.377. The number of benzene rings is 2. The number of hydrogen-bond acceptors (Lipinski definition) is 37. The summed E-state index contributed by atoms with van der Waals surface area (Å²) in [6, 6.07) is -1.95. The molecule has 1 amide bonds. The number of nitrogens with one attached hydrogen (secondary N) is 3. The summed E-state index contributed by atoms with van der Waals surface area (Å²) in [5.41, 5.74) is 39.8. The lowest BCUT2D eigenvalue weighted by Gasteiger charge is -2.45. The van der Waals surface area contributed by atoms with Crippen molar-refractivity contribution in [1.29, 1.82) is 0 Å². The van der Waals surface area contributed by atoms with Crippen LogP contribution in [0.15, 0.2) is 67.3 Å². The minimum absolute atomic E-state index is 0.0522. The van der Waals surface area contributed by atoms with E-state index in [2.05, 4.69) is 110 Å². The average Bonchev–Trinajstić information content (AvgIpc) is 1.63. The normalized spacial score (nSPS) is 37.8. The number of nitrogens with zero attached hydrogens (tertiary/aromatic N) is 5. The molecule has 0 radical (unpaired) electrons. The molecule has 8 rings (SSSR count). The number of anilines is 1. The van der Waals surface area contributed by atoms with Crippen molar-refractivity contribution in [1.82, 2.24) is 10.6 Å². The molecule has 0 unspecified atom stereocenters. The number of hydrogen-bond donors (Lipinski definition) is 28. The number of aliphatic hydroxyl groups excluding tert-OH is 12. The molecule has 616 valence electrons. The Hall–Kier alpha value is -5.72. The van der Waals surface area contributed by atoms with Gasteiger partial charge in [-0.05, 0) is 84.1 Å². The van der Waals surface area contributed by atoms with Gasteiger partial charge in [-0.1, -0.05) is 37.0 Å². The molecule has 0 bridgehead atoms. The number of phenolic OH excluding ortho intramolecular Hbond substituents is 2. The minimum atomic E-state index is -2.38. The number of aldehydes is 1. The van der Waals surface area contributed by atoms with E-state index in [0.29, 0.717) is 19.0 Å². The van der Waals surface area contributed by atoms with Gasteiger partial charge in [0, 0.05) is 20.9 Å². The molecule has 50 heteroatoms. The Balaban J connectivity index is 0.000000294. The van der Waals surface area contributed by atoms with E-state index in [1.54, 1.807) is 24.3 Å². The van der Waals surface area contributed by atoms with E-state index < -0.39 is 238 Å². The molecule has 0 aromatic heterocycles. The Morgan fingerprint density at radius 1 is 0.532 bits per heavy atom. The second kappa shape index (κ2) is 40.3. The summed E-state index contributed by atoms with van der Waals surface area (Å²) in [4.78, 5) is 60.6. The molecule has 109 heavy (non-hydrogen) atoms. The van der Waals surface area contributed by atoms with E-state index in [-0.39, 0.29) is 36.5 Å². The first-order chi connectivity index (χ1) is 51.1. The van der Waals surface area contributed by atoms with Crippen molar-refractivity contribution in [3.8, 4) is 11.5 Å². The zero-order valence-corrected chi connectivity index (χ0v) is 64.4. The van der Waals surface area contributed by atoms with Crippen molar-refractivity contribution >= 4 is 117 Å². The zero-order valence-electron chi connectivity index (χ0n) is 58.1. The number of halogens is 4. The zero-order chi connectivity index (χ0) is 81.8. The van der Waals surface area contributed by atoms with Crippen LogP contribution in [0.4, 0.5) is 5.69 Å². The van der Waals surface area contributed by atoms with Gasteiger partial charge in [-0.25, -0.2) is 25.9 Å². The highest BCUT2D eigenvalue weighted by Crippen LogP contribution is 2.42. The van der Waals surface area contributed by atoms with Crippen molar-refractivity contribution in [2.75, 3.05) is 45.8 Å². The average molecular weight is 1820 g/mol. The molecular formula is C59H93Br4N17O29. The molecule has 46 nitrogen and oxygen atoms in total. The first-order valence-corrected chi connectivity index (χ1v) is 35.8. The minimum Gasteiger partial charge on any atom is -0.506 e. The van der Waals surface area contributed by atoms with Crippen LogP contribution in [0.5, 0.6) is 11.5 Å². The van der Waals surface area contributed by atoms with Crippen molar-refractivity contribution in [3.63, 3.8) is 0 Å². The van der Waals surface area contributed by atoms with Crippen LogP contribution in [-0.2, 0) is 68.4 Å². The van der Waals surface area contributed by atoms with E-state index in [9.17, 15) is 96.1 Å². The molecule has 2 aromatic carbocycles. The van der Waals surface area contributed by atoms with Gasteiger partial charge >= 0.3 is 0 Å². The third-order valence-corrected chi connectivity index (χ3v) is 20.2. The first-order valence-electron chi connectivity index (χ1n) is 32.6. The van der Waals surface area contributed by atoms with E-state index in [1.165, 1.54) is 27.9 Å². The number of rotatable bonds is 26. The molecule has 4 heterocycles. The number of Topliss-reactive ketones (excluding diaryl/α,β-unsaturated/α-hetero) is 1. The number of aliphatic imine (C=N–C) groups is 4. The number of carbonyl (C=O) groups is 3. The Morgan fingerprint density at radius 3 is 1.34 bits per heavy atom. The maximum atomic E-state index is 12.7. The molecule has 2 saturated carbocycles. The standard InChI is InChI=1S/C30H46Br2N8O14.C21H39N7O12.C8H8Br2N2O3/c1-9-30(49,8-38-50-7-12(42)4-10-3-11(31)5-13(32)18(10)43)25(54-26-17(37-2)22(47)19(44)14(6-41)52-26)27(51-9)53-24-16(40-29(35)36)20(45)15(39-28(33)34)21(46)23(24)48;1-5-21(36,4-30)16(40-17-9(26-2)13(34)10(31)6(3-29)38-17)18(37-5)39-15-8(28-20(24)25)11(32)7(27-19(22)23)12(33)14(15)35;9-4-1-5(10)8(14)6(2-4)12-7(13)3-15-11/h3,5,8-9,14-17,19-27,37,41,43-49H,4,6-7H2,1-2H3,(H4,33,34,39)(H4,35,36,40);4-18,26,29,31-36H,3H2,1-2H3,(H4,22,23,27)(H4,24,25,28);1-2,14H,3,11H2,(H,12,13)/b38-8+;;/t9-,14-,15+,16-,17-,19-,20+,21-,22-,23+,24+,25-,26-,27-,30+;5-,6-,7+,8-,9-,10-,11+,12-,13-,14+,15+,16-,17-,18-,21+;/m00./s1. The number of aromatic hydroxyl groups is 2. The van der Waals surface area contributed by atoms with Gasteiger partial charge in [0.05, 0.1) is 58.4 Å². The summed E-state index contributed by atoms with van der Waals surface area (Å²) >= 11 is 12.9. The van der Waals surface area contributed by atoms with Crippen LogP contribution in [0.25, 0.3) is 0 Å². The van der Waals surface area contributed by atoms with Crippen LogP contribution in [0.2, 0.25) is 0 Å². The number of phenols is 2. The fraction of sp³-hybridized carbons (Fsp3) is 0.661. The summed E-state index contributed by atoms with van der Waals surface area (Å²) < 4.78 is 49.0. The summed E-state index contributed by atoms with van der Waals surface area (Å²) in [5.74, 6) is 1.48. The predicted molar refractivity (Wildman–Crippen MR) is 389 cm³/mol. The van der Waals surface area contributed by atoms with Gasteiger partial charge in [0.2, 0.25) is 0 Å². The van der Waals surface area contributed by atoms with Gasteiger partial charge in [-0.15, -0.1) is 0 Å². The van der Waals surface area contributed by atoms with Gasteiger partial charge in [0.1, 0.15) is 134 Å². The number of ether oxygens (including phenoxy) is 8. The molecule has 6 fully saturated rings. The fourth-order valence-corrected chi connectivity index (χ4v) is 14.9. The number of nitrogens with two attached hydrogens (primary N) is 9. The molecular weight excluding hydrogens is 1730 g/mol. The topological polar surface area (TPSA) is 799 Å². The van der Waals surface area contributed by atoms with Gasteiger partial charge in [0.25, 0.3) is 5.91 Å². The third-order valence-electron chi connectivity index (χ3n) is 18.1. The number of ketones is 1. The number of amides is 1. The lowest BCUT2D eigenvalue weighted by molar-refractivity contribution is -0.314. The highest BCUT2D eigenvalue weighted by Gasteiger charge is 2.63. The van der Waals surface area contributed by atoms with Crippen LogP contribution >= 0.6 is 63.7 Å². The van der Waals surface area contributed by atoms with Crippen molar-refractivity contribution < 1.29 is 144 Å². The Morgan fingerprint density at radius 2 is 0.936 bits per heavy atom. The molecule has 30 atom stereocenters. The molecule has 0 spiro atoms. The number of oxime groups is 1. The van der Waals surface area contributed by atoms with E-state index in [4.69, 9.17) is 94.5 Å². The van der Waals surface area contributed by atoms with Gasteiger partial charge in [0.15, 0.2) is 84.6 Å². The SMILES string of the molecule is CN[C@@H]1[C@H](O[C@H]2[C@H](O[C@H]3[C@H](O)[C@@H](O)[C@H](N=C(N)N)[C@@H](O)[C@@H]3N=C(N)N)O[C@@H](C)[C@]2(O)/C=N/OCC(=O)Cc2cc(Br)cc(Br)c2O)O[C@@H](CO)[C@H](O)[C@H]1O.CN[C@@H]1[C@H](O[C@H]2[C@H](O[C@H]3[C@H](O)[C@@H](O)[C@H](N=C(N)N)[C@@H](O)[C@@H]3N=C(N)N)O[C@@H](C)[C@]2(O)C=O)O[C@@H](CO)[C@H](O)[C@H]1O.NOCC(=O)Nc1cc(Br)cc(Br)c1O. The quantitative estimate of drug-likeness (QED) is 0.0137. The summed E-state index contributed by atoms with van der Waals surface area (Å²) in [6.07, 6.45) is -34.7. The van der Waals surface area contributed by atoms with Crippen LogP contribution in [-0.4, -0.2) is 353 Å². The Kier molecular flexibility index (Phi) is 34.1. The number of likely N-dealkylation sites (N-methyl/N-ethyl adjacent to an activating group) is 2. The van der Waals surface area contributed by atoms with E-state index >= 15 is 0 Å². The predicted octanol–water partition coefficient (Wildman–Crippen LogP) is -11.7. The van der Waals surface area contributed by atoms with Gasteiger partial charge in [-0.3, -0.25) is 19.2 Å². The maximum absolute atomic E-state index is 12.7. The fourth-order valence-electron chi connectivity index (χ4n) is 12.3. The van der Waals surface area contributed by atoms with Crippen molar-refractivity contribution in [3.05, 3.63) is 47.7 Å². The van der Waals surface area contributed by atoms with Crippen LogP contribution in [0, 0.1) is 0 Å². The lowest BCUT2D eigenvalue weighted by atomic mass is 9.81. The molecule has 2 aliphatic carbocycles. The largest absolute Gasteiger partial charge is 0.506 e. The van der Waals surface area contributed by atoms with Crippen LogP contribution in [0.1, 0.15) is 19.4 Å². The van der Waals surface area contributed by atoms with Crippen LogP contribution in [0.3, 0.4) is 0 Å². The third kappa shape index (κ3) is 22.0. The molecule has 4 aliphatic heterocycles. The maximum Gasteiger partial charge on any atom is 0.252 e. The second-order valence-corrected chi connectivity index (χ2v) is 29.0. The van der Waals surface area contributed by atoms with E-state index in [0.717, 1.165) is 10.7 Å². The second-order valence-electron chi connectivity index (χ2n) is 25.4. The van der Waals surface area contributed by atoms with Crippen molar-refractivity contribution in [2.24, 2.45) is 76.9 Å². The summed E-state index contributed by atoms with van der Waals surface area (Å²) in [7, 11) is 2.84. The molecule has 6 aliphatic rings.